The zero-order valence-electron chi connectivity index (χ0n) is 18.7. The molecule has 2 aliphatic carbocycles. The van der Waals surface area contributed by atoms with Crippen molar-refractivity contribution >= 4 is 23.1 Å². The van der Waals surface area contributed by atoms with Crippen LogP contribution in [0.25, 0.3) is 16.7 Å². The predicted octanol–water partition coefficient (Wildman–Crippen LogP) is 4.95. The number of nitrogens with one attached hydrogen (secondary N) is 1. The first-order chi connectivity index (χ1) is 16.6. The van der Waals surface area contributed by atoms with Crippen molar-refractivity contribution in [3.63, 3.8) is 0 Å². The van der Waals surface area contributed by atoms with Crippen LogP contribution in [0.3, 0.4) is 0 Å². The van der Waals surface area contributed by atoms with Gasteiger partial charge in [-0.15, -0.1) is 16.6 Å². The van der Waals surface area contributed by atoms with Crippen LogP contribution in [-0.2, 0) is 0 Å². The van der Waals surface area contributed by atoms with Crippen LogP contribution in [0.4, 0.5) is 0 Å². The molecule has 7 nitrogen and oxygen atoms in total. The SMILES string of the molecule is C#C/C(=C\C(=C/C)c1nncn1C1CC1)NC(=O)c1cc(-c2cnc(C3CC3)c(Cl)c2)ccn1. The van der Waals surface area contributed by atoms with Crippen molar-refractivity contribution < 1.29 is 4.79 Å². The Morgan fingerprint density at radius 1 is 1.24 bits per heavy atom. The highest BCUT2D eigenvalue weighted by Gasteiger charge is 2.28. The number of allylic oxidation sites excluding steroid dienone is 4. The molecule has 2 fully saturated rings. The molecule has 1 N–H and O–H groups in total. The molecule has 0 radical (unpaired) electrons. The van der Waals surface area contributed by atoms with E-state index >= 15 is 0 Å². The Kier molecular flexibility index (Phi) is 5.99. The molecule has 2 aliphatic rings. The van der Waals surface area contributed by atoms with Gasteiger partial charge in [0.25, 0.3) is 5.91 Å². The summed E-state index contributed by atoms with van der Waals surface area (Å²) in [6, 6.07) is 5.83. The normalized spacial score (nSPS) is 16.3. The van der Waals surface area contributed by atoms with Crippen LogP contribution < -0.4 is 5.32 Å². The number of aromatic nitrogens is 5. The molecule has 0 aromatic carbocycles. The summed E-state index contributed by atoms with van der Waals surface area (Å²) in [4.78, 5) is 21.7. The average molecular weight is 471 g/mol. The molecule has 34 heavy (non-hydrogen) atoms. The van der Waals surface area contributed by atoms with Crippen molar-refractivity contribution in [2.75, 3.05) is 0 Å². The third kappa shape index (κ3) is 4.63. The van der Waals surface area contributed by atoms with E-state index in [-0.39, 0.29) is 5.69 Å². The number of hydrogen-bond donors (Lipinski definition) is 1. The first-order valence-electron chi connectivity index (χ1n) is 11.2. The lowest BCUT2D eigenvalue weighted by Gasteiger charge is -2.09. The minimum Gasteiger partial charge on any atom is -0.314 e. The highest BCUT2D eigenvalue weighted by atomic mass is 35.5. The Hall–Kier alpha value is -3.76. The smallest absolute Gasteiger partial charge is 0.274 e. The molecule has 1 amide bonds. The molecular formula is C26H23ClN6O. The molecular weight excluding hydrogens is 448 g/mol. The van der Waals surface area contributed by atoms with Gasteiger partial charge < -0.3 is 9.88 Å². The highest BCUT2D eigenvalue weighted by molar-refractivity contribution is 6.31. The van der Waals surface area contributed by atoms with Gasteiger partial charge in [0, 0.05) is 35.5 Å². The van der Waals surface area contributed by atoms with E-state index < -0.39 is 5.91 Å². The van der Waals surface area contributed by atoms with Crippen LogP contribution in [-0.4, -0.2) is 30.6 Å². The van der Waals surface area contributed by atoms with Crippen LogP contribution in [0.2, 0.25) is 5.02 Å². The quantitative estimate of drug-likeness (QED) is 0.390. The van der Waals surface area contributed by atoms with Crippen LogP contribution >= 0.6 is 11.6 Å². The van der Waals surface area contributed by atoms with E-state index in [1.54, 1.807) is 30.9 Å². The van der Waals surface area contributed by atoms with E-state index in [1.807, 2.05) is 29.7 Å². The van der Waals surface area contributed by atoms with Gasteiger partial charge in [0.1, 0.15) is 12.0 Å². The monoisotopic (exact) mass is 470 g/mol. The number of halogens is 1. The lowest BCUT2D eigenvalue weighted by atomic mass is 10.1. The molecule has 0 atom stereocenters. The second-order valence-electron chi connectivity index (χ2n) is 8.49. The van der Waals surface area contributed by atoms with Gasteiger partial charge in [-0.25, -0.2) is 0 Å². The van der Waals surface area contributed by atoms with E-state index in [4.69, 9.17) is 18.0 Å². The van der Waals surface area contributed by atoms with Gasteiger partial charge in [-0.05, 0) is 62.4 Å². The Balaban J connectivity index is 1.35. The lowest BCUT2D eigenvalue weighted by molar-refractivity contribution is 0.0962. The van der Waals surface area contributed by atoms with Gasteiger partial charge in [0.2, 0.25) is 0 Å². The number of carbonyl (C=O) groups excluding carboxylic acids is 1. The molecule has 0 saturated heterocycles. The van der Waals surface area contributed by atoms with Crippen molar-refractivity contribution in [2.24, 2.45) is 0 Å². The first kappa shape index (κ1) is 22.1. The van der Waals surface area contributed by atoms with Crippen molar-refractivity contribution in [1.82, 2.24) is 30.0 Å². The second-order valence-corrected chi connectivity index (χ2v) is 8.90. The minimum absolute atomic E-state index is 0.240. The van der Waals surface area contributed by atoms with E-state index in [0.29, 0.717) is 22.7 Å². The maximum Gasteiger partial charge on any atom is 0.274 e. The first-order valence-corrected chi connectivity index (χ1v) is 11.6. The van der Waals surface area contributed by atoms with Gasteiger partial charge >= 0.3 is 0 Å². The van der Waals surface area contributed by atoms with Crippen molar-refractivity contribution in [3.8, 4) is 23.5 Å². The standard InChI is InChI=1S/C26H23ClN6O/c1-3-16(25-32-30-15-33(25)21-7-8-21)11-20(4-2)31-26(34)23-13-18(9-10-28-23)19-12-22(27)24(29-14-19)17-5-6-17/h2-3,9-15,17,21H,5-8H2,1H3,(H,31,34)/b16-3+,20-11+. The number of hydrogen-bond acceptors (Lipinski definition) is 5. The lowest BCUT2D eigenvalue weighted by Crippen LogP contribution is -2.23. The Morgan fingerprint density at radius 2 is 2.06 bits per heavy atom. The third-order valence-electron chi connectivity index (χ3n) is 5.95. The van der Waals surface area contributed by atoms with E-state index in [1.165, 1.54) is 0 Å². The number of nitrogens with zero attached hydrogens (tertiary/aromatic N) is 5. The highest BCUT2D eigenvalue weighted by Crippen LogP contribution is 2.42. The van der Waals surface area contributed by atoms with Gasteiger partial charge in [-0.1, -0.05) is 23.6 Å². The molecule has 3 aromatic rings. The maximum absolute atomic E-state index is 13.0. The molecule has 3 heterocycles. The summed E-state index contributed by atoms with van der Waals surface area (Å²) in [6.07, 6.45) is 18.9. The molecule has 0 aliphatic heterocycles. The summed E-state index contributed by atoms with van der Waals surface area (Å²) >= 11 is 6.44. The van der Waals surface area contributed by atoms with Gasteiger partial charge in [-0.2, -0.15) is 0 Å². The predicted molar refractivity (Wildman–Crippen MR) is 131 cm³/mol. The van der Waals surface area contributed by atoms with Crippen LogP contribution in [0.5, 0.6) is 0 Å². The summed E-state index contributed by atoms with van der Waals surface area (Å²) < 4.78 is 2.04. The largest absolute Gasteiger partial charge is 0.314 e. The number of amides is 1. The fourth-order valence-corrected chi connectivity index (χ4v) is 4.12. The molecule has 170 valence electrons. The minimum atomic E-state index is -0.404. The fourth-order valence-electron chi connectivity index (χ4n) is 3.80. The van der Waals surface area contributed by atoms with Crippen molar-refractivity contribution in [2.45, 2.75) is 44.6 Å². The topological polar surface area (TPSA) is 85.6 Å². The summed E-state index contributed by atoms with van der Waals surface area (Å²) in [5, 5.41) is 11.7. The average Bonchev–Trinajstić information content (AvgIpc) is 3.80. The van der Waals surface area contributed by atoms with Gasteiger partial charge in [0.05, 0.1) is 16.4 Å². The van der Waals surface area contributed by atoms with E-state index in [0.717, 1.165) is 53.9 Å². The fraction of sp³-hybridized carbons (Fsp3) is 0.269. The Morgan fingerprint density at radius 3 is 2.74 bits per heavy atom. The Bertz CT molecular complexity index is 1360. The number of pyridine rings is 2. The van der Waals surface area contributed by atoms with Gasteiger partial charge in [0.15, 0.2) is 5.82 Å². The van der Waals surface area contributed by atoms with Gasteiger partial charge in [-0.3, -0.25) is 14.8 Å². The summed E-state index contributed by atoms with van der Waals surface area (Å²) in [5.41, 5.74) is 3.91. The molecule has 5 rings (SSSR count). The molecule has 0 bridgehead atoms. The number of rotatable bonds is 7. The molecule has 0 unspecified atom stereocenters. The summed E-state index contributed by atoms with van der Waals surface area (Å²) in [7, 11) is 0. The molecule has 3 aromatic heterocycles. The van der Waals surface area contributed by atoms with E-state index in [9.17, 15) is 4.79 Å². The zero-order valence-corrected chi connectivity index (χ0v) is 19.5. The van der Waals surface area contributed by atoms with Crippen LogP contribution in [0.15, 0.2) is 54.8 Å². The number of terminal acetylenes is 1. The van der Waals surface area contributed by atoms with Crippen LogP contribution in [0.1, 0.15) is 66.6 Å². The molecule has 2 saturated carbocycles. The third-order valence-corrected chi connectivity index (χ3v) is 6.25. The zero-order chi connectivity index (χ0) is 23.7. The maximum atomic E-state index is 13.0. The number of carbonyl (C=O) groups is 1. The summed E-state index contributed by atoms with van der Waals surface area (Å²) in [6.45, 7) is 1.90. The van der Waals surface area contributed by atoms with Crippen LogP contribution in [0, 0.1) is 12.3 Å². The summed E-state index contributed by atoms with van der Waals surface area (Å²) in [5.74, 6) is 3.34. The van der Waals surface area contributed by atoms with Crippen molar-refractivity contribution in [1.29, 1.82) is 0 Å². The second kappa shape index (κ2) is 9.24. The molecule has 8 heteroatoms. The molecule has 0 spiro atoms. The Labute approximate surface area is 203 Å². The van der Waals surface area contributed by atoms with E-state index in [2.05, 4.69) is 31.4 Å². The van der Waals surface area contributed by atoms with Crippen molar-refractivity contribution in [3.05, 3.63) is 77.0 Å².